The van der Waals surface area contributed by atoms with E-state index in [2.05, 4.69) is 4.74 Å². The Hall–Kier alpha value is -1.92. The first-order valence-electron chi connectivity index (χ1n) is 5.35. The monoisotopic (exact) mass is 341 g/mol. The van der Waals surface area contributed by atoms with Crippen molar-refractivity contribution in [2.24, 2.45) is 5.14 Å². The Morgan fingerprint density at radius 2 is 1.95 bits per heavy atom. The van der Waals surface area contributed by atoms with Gasteiger partial charge < -0.3 is 4.74 Å². The second-order valence-electron chi connectivity index (χ2n) is 3.61. The lowest BCUT2D eigenvalue weighted by atomic mass is 10.3. The van der Waals surface area contributed by atoms with Crippen LogP contribution in [-0.2, 0) is 25.0 Å². The van der Waals surface area contributed by atoms with Gasteiger partial charge in [0.25, 0.3) is 0 Å². The maximum Gasteiger partial charge on any atom is 0.422 e. The highest BCUT2D eigenvalue weighted by molar-refractivity contribution is 7.91. The molecule has 1 aromatic carbocycles. The van der Waals surface area contributed by atoms with Gasteiger partial charge in [-0.25, -0.2) is 27.5 Å². The molecule has 0 unspecified atom stereocenters. The predicted molar refractivity (Wildman–Crippen MR) is 70.5 cm³/mol. The van der Waals surface area contributed by atoms with Crippen molar-refractivity contribution in [1.29, 1.82) is 0 Å². The maximum atomic E-state index is 13.6. The topological polar surface area (TPSA) is 145 Å². The molecule has 0 radical (unpaired) electrons. The molecule has 0 aliphatic heterocycles. The Morgan fingerprint density at radius 3 is 2.43 bits per heavy atom. The van der Waals surface area contributed by atoms with E-state index in [0.29, 0.717) is 6.07 Å². The summed E-state index contributed by atoms with van der Waals surface area (Å²) in [6.45, 7) is 1.41. The minimum atomic E-state index is -4.42. The van der Waals surface area contributed by atoms with Crippen LogP contribution in [0.3, 0.4) is 0 Å². The third-order valence-electron chi connectivity index (χ3n) is 2.01. The van der Waals surface area contributed by atoms with E-state index in [1.54, 1.807) is 4.72 Å². The van der Waals surface area contributed by atoms with Crippen LogP contribution in [-0.4, -0.2) is 29.5 Å². The van der Waals surface area contributed by atoms with Crippen LogP contribution in [0.1, 0.15) is 6.92 Å². The number of nitrogens with one attached hydrogen (secondary N) is 2. The van der Waals surface area contributed by atoms with Gasteiger partial charge in [-0.2, -0.15) is 8.42 Å². The molecule has 0 aromatic heterocycles. The Labute approximate surface area is 120 Å². The van der Waals surface area contributed by atoms with Crippen LogP contribution in [0.25, 0.3) is 0 Å². The summed E-state index contributed by atoms with van der Waals surface area (Å²) < 4.78 is 66.1. The molecule has 4 N–H and O–H groups in total. The number of amides is 1. The molecule has 12 heteroatoms. The Kier molecular flexibility index (Phi) is 5.09. The fourth-order valence-electron chi connectivity index (χ4n) is 1.20. The highest BCUT2D eigenvalue weighted by Gasteiger charge is 2.18. The quantitative estimate of drug-likeness (QED) is 0.680. The largest absolute Gasteiger partial charge is 0.449 e. The molecule has 0 aliphatic carbocycles. The van der Waals surface area contributed by atoms with Crippen molar-refractivity contribution in [1.82, 2.24) is 4.72 Å². The lowest BCUT2D eigenvalue weighted by Crippen LogP contribution is -2.36. The van der Waals surface area contributed by atoms with Crippen molar-refractivity contribution in [2.45, 2.75) is 11.8 Å². The molecule has 0 heterocycles. The van der Waals surface area contributed by atoms with Gasteiger partial charge in [0.1, 0.15) is 5.82 Å². The van der Waals surface area contributed by atoms with Gasteiger partial charge in [-0.05, 0) is 25.1 Å². The molecular formula is C9H12FN3O6S2. The van der Waals surface area contributed by atoms with Gasteiger partial charge in [-0.1, -0.05) is 0 Å². The fraction of sp³-hybridized carbons (Fsp3) is 0.222. The molecule has 1 amide bonds. The minimum Gasteiger partial charge on any atom is -0.449 e. The number of carbonyl (C=O) groups is 1. The predicted octanol–water partition coefficient (Wildman–Crippen LogP) is -0.124. The summed E-state index contributed by atoms with van der Waals surface area (Å²) in [6, 6.07) is 2.29. The van der Waals surface area contributed by atoms with Gasteiger partial charge in [0.2, 0.25) is 10.0 Å². The van der Waals surface area contributed by atoms with Gasteiger partial charge in [-0.15, -0.1) is 0 Å². The zero-order chi connectivity index (χ0) is 16.3. The molecular weight excluding hydrogens is 329 g/mol. The Morgan fingerprint density at radius 1 is 1.33 bits per heavy atom. The SMILES string of the molecule is CCOC(=O)NS(=O)(=O)Nc1ccc(S(N)(=O)=O)cc1F. The zero-order valence-corrected chi connectivity index (χ0v) is 12.3. The van der Waals surface area contributed by atoms with Crippen molar-refractivity contribution in [2.75, 3.05) is 11.3 Å². The average molecular weight is 341 g/mol. The van der Waals surface area contributed by atoms with E-state index >= 15 is 0 Å². The van der Waals surface area contributed by atoms with Crippen LogP contribution in [0.4, 0.5) is 14.9 Å². The van der Waals surface area contributed by atoms with E-state index in [-0.39, 0.29) is 6.61 Å². The highest BCUT2D eigenvalue weighted by Crippen LogP contribution is 2.18. The molecule has 0 bridgehead atoms. The molecule has 0 atom stereocenters. The van der Waals surface area contributed by atoms with Crippen LogP contribution >= 0.6 is 0 Å². The molecule has 0 fully saturated rings. The number of hydrogen-bond donors (Lipinski definition) is 3. The molecule has 0 aliphatic rings. The van der Waals surface area contributed by atoms with Crippen LogP contribution in [0.2, 0.25) is 0 Å². The summed E-state index contributed by atoms with van der Waals surface area (Å²) in [5.74, 6) is -1.18. The van der Waals surface area contributed by atoms with Crippen LogP contribution in [0.15, 0.2) is 23.1 Å². The number of hydrogen-bond acceptors (Lipinski definition) is 6. The lowest BCUT2D eigenvalue weighted by molar-refractivity contribution is 0.159. The zero-order valence-electron chi connectivity index (χ0n) is 10.7. The van der Waals surface area contributed by atoms with Gasteiger partial charge in [0.15, 0.2) is 0 Å². The Bertz CT molecular complexity index is 747. The van der Waals surface area contributed by atoms with Gasteiger partial charge in [-0.3, -0.25) is 4.72 Å². The number of nitrogens with two attached hydrogens (primary N) is 1. The van der Waals surface area contributed by atoms with Crippen LogP contribution in [0.5, 0.6) is 0 Å². The average Bonchev–Trinajstić information content (AvgIpc) is 2.29. The van der Waals surface area contributed by atoms with Crippen molar-refractivity contribution < 1.29 is 30.8 Å². The molecule has 118 valence electrons. The first-order chi connectivity index (χ1) is 9.55. The van der Waals surface area contributed by atoms with E-state index in [1.807, 2.05) is 0 Å². The number of sulfonamides is 1. The molecule has 0 spiro atoms. The standard InChI is InChI=1S/C9H12FN3O6S2/c1-2-19-9(14)13-21(17,18)12-8-4-3-6(5-7(8)10)20(11,15)16/h3-5,12H,2H2,1H3,(H,13,14)(H2,11,15,16). The normalized spacial score (nSPS) is 11.8. The van der Waals surface area contributed by atoms with Crippen molar-refractivity contribution >= 4 is 32.0 Å². The number of benzene rings is 1. The Balaban J connectivity index is 2.96. The number of primary sulfonamides is 1. The molecule has 0 saturated carbocycles. The molecule has 0 saturated heterocycles. The van der Waals surface area contributed by atoms with Crippen LogP contribution < -0.4 is 14.6 Å². The van der Waals surface area contributed by atoms with Crippen LogP contribution in [0, 0.1) is 5.82 Å². The highest BCUT2D eigenvalue weighted by atomic mass is 32.2. The van der Waals surface area contributed by atoms with Crippen molar-refractivity contribution in [3.05, 3.63) is 24.0 Å². The van der Waals surface area contributed by atoms with Gasteiger partial charge in [0, 0.05) is 0 Å². The fourth-order valence-corrected chi connectivity index (χ4v) is 2.51. The summed E-state index contributed by atoms with van der Waals surface area (Å²) in [5, 5.41) is 4.80. The smallest absolute Gasteiger partial charge is 0.422 e. The number of halogens is 1. The van der Waals surface area contributed by atoms with E-state index in [4.69, 9.17) is 5.14 Å². The summed E-state index contributed by atoms with van der Waals surface area (Å²) in [7, 11) is -8.54. The summed E-state index contributed by atoms with van der Waals surface area (Å²) in [6.07, 6.45) is -1.24. The minimum absolute atomic E-state index is 0.0568. The number of ether oxygens (including phenoxy) is 1. The third kappa shape index (κ3) is 5.17. The lowest BCUT2D eigenvalue weighted by Gasteiger charge is -2.10. The molecule has 1 aromatic rings. The van der Waals surface area contributed by atoms with E-state index in [1.165, 1.54) is 11.6 Å². The number of anilines is 1. The first kappa shape index (κ1) is 17.1. The summed E-state index contributed by atoms with van der Waals surface area (Å²) >= 11 is 0. The van der Waals surface area contributed by atoms with E-state index < -0.39 is 42.7 Å². The molecule has 21 heavy (non-hydrogen) atoms. The van der Waals surface area contributed by atoms with E-state index in [0.717, 1.165) is 12.1 Å². The van der Waals surface area contributed by atoms with Crippen molar-refractivity contribution in [3.8, 4) is 0 Å². The van der Waals surface area contributed by atoms with E-state index in [9.17, 15) is 26.0 Å². The first-order valence-corrected chi connectivity index (χ1v) is 8.38. The molecule has 1 rings (SSSR count). The van der Waals surface area contributed by atoms with Gasteiger partial charge in [0.05, 0.1) is 17.2 Å². The summed E-state index contributed by atoms with van der Waals surface area (Å²) in [4.78, 5) is 10.5. The second kappa shape index (κ2) is 6.24. The summed E-state index contributed by atoms with van der Waals surface area (Å²) in [5.41, 5.74) is -0.570. The number of carbonyl (C=O) groups excluding carboxylic acids is 1. The maximum absolute atomic E-state index is 13.6. The van der Waals surface area contributed by atoms with Gasteiger partial charge >= 0.3 is 16.3 Å². The number of rotatable bonds is 5. The van der Waals surface area contributed by atoms with Crippen molar-refractivity contribution in [3.63, 3.8) is 0 Å². The second-order valence-corrected chi connectivity index (χ2v) is 6.59. The molecule has 9 nitrogen and oxygen atoms in total. The third-order valence-corrected chi connectivity index (χ3v) is 3.84.